The first-order valence-electron chi connectivity index (χ1n) is 6.87. The van der Waals surface area contributed by atoms with Gasteiger partial charge in [-0.05, 0) is 16.7 Å². The molecular formula is C18H18Br2. The van der Waals surface area contributed by atoms with E-state index in [0.29, 0.717) is 0 Å². The van der Waals surface area contributed by atoms with Crippen LogP contribution in [0.25, 0.3) is 0 Å². The lowest BCUT2D eigenvalue weighted by atomic mass is 9.63. The molecule has 0 saturated heterocycles. The van der Waals surface area contributed by atoms with Gasteiger partial charge in [-0.1, -0.05) is 107 Å². The molecule has 0 aromatic heterocycles. The van der Waals surface area contributed by atoms with Crippen molar-refractivity contribution in [3.63, 3.8) is 0 Å². The third-order valence-corrected chi connectivity index (χ3v) is 8.03. The predicted molar refractivity (Wildman–Crippen MR) is 92.7 cm³/mol. The fourth-order valence-corrected chi connectivity index (χ4v) is 4.95. The maximum absolute atomic E-state index is 3.95. The van der Waals surface area contributed by atoms with Gasteiger partial charge in [-0.15, -0.1) is 0 Å². The van der Waals surface area contributed by atoms with E-state index in [0.717, 1.165) is 0 Å². The van der Waals surface area contributed by atoms with Crippen LogP contribution in [0.1, 0.15) is 37.5 Å². The first-order valence-corrected chi connectivity index (χ1v) is 8.45. The van der Waals surface area contributed by atoms with Gasteiger partial charge in [0.15, 0.2) is 0 Å². The number of alkyl halides is 2. The Morgan fingerprint density at radius 1 is 0.700 bits per heavy atom. The Bertz CT molecular complexity index is 643. The minimum absolute atomic E-state index is 0.00889. The van der Waals surface area contributed by atoms with E-state index < -0.39 is 0 Å². The minimum atomic E-state index is -0.214. The van der Waals surface area contributed by atoms with Crippen molar-refractivity contribution in [1.82, 2.24) is 0 Å². The zero-order valence-electron chi connectivity index (χ0n) is 12.0. The Morgan fingerprint density at radius 2 is 1.20 bits per heavy atom. The highest BCUT2D eigenvalue weighted by molar-refractivity contribution is 9.24. The molecule has 20 heavy (non-hydrogen) atoms. The Labute approximate surface area is 137 Å². The summed E-state index contributed by atoms with van der Waals surface area (Å²) in [5.41, 5.74) is 4.03. The van der Waals surface area contributed by atoms with Crippen LogP contribution < -0.4 is 0 Å². The van der Waals surface area contributed by atoms with Crippen molar-refractivity contribution in [1.29, 1.82) is 0 Å². The molecule has 0 fully saturated rings. The molecule has 0 radical (unpaired) electrons. The lowest BCUT2D eigenvalue weighted by Gasteiger charge is -2.44. The molecule has 2 aromatic rings. The first-order chi connectivity index (χ1) is 9.33. The summed E-state index contributed by atoms with van der Waals surface area (Å²) in [5, 5.41) is 0. The lowest BCUT2D eigenvalue weighted by molar-refractivity contribution is 0.233. The summed E-state index contributed by atoms with van der Waals surface area (Å²) >= 11 is 7.90. The second kappa shape index (κ2) is 4.45. The number of fused-ring (bicyclic) bond motifs is 1. The van der Waals surface area contributed by atoms with Crippen molar-refractivity contribution in [3.05, 3.63) is 71.3 Å². The first kappa shape index (κ1) is 14.3. The molecular weight excluding hydrogens is 376 g/mol. The van der Waals surface area contributed by atoms with E-state index in [2.05, 4.69) is 107 Å². The summed E-state index contributed by atoms with van der Waals surface area (Å²) in [5.74, 6) is 0. The van der Waals surface area contributed by atoms with Crippen LogP contribution in [0.3, 0.4) is 0 Å². The minimum Gasteiger partial charge on any atom is -0.0668 e. The molecule has 0 spiro atoms. The van der Waals surface area contributed by atoms with Gasteiger partial charge in [0.25, 0.3) is 0 Å². The molecule has 1 aliphatic rings. The van der Waals surface area contributed by atoms with Crippen LogP contribution in [0.5, 0.6) is 0 Å². The largest absolute Gasteiger partial charge is 0.112 e. The molecule has 0 aliphatic heterocycles. The molecule has 2 aromatic carbocycles. The number of rotatable bonds is 1. The smallest absolute Gasteiger partial charge is 0.0668 e. The van der Waals surface area contributed by atoms with E-state index in [1.165, 1.54) is 16.7 Å². The van der Waals surface area contributed by atoms with Crippen LogP contribution in [0.4, 0.5) is 0 Å². The second-order valence-electron chi connectivity index (χ2n) is 6.24. The zero-order chi connectivity index (χ0) is 14.6. The van der Waals surface area contributed by atoms with Gasteiger partial charge in [-0.3, -0.25) is 0 Å². The molecule has 1 aliphatic carbocycles. The third-order valence-electron chi connectivity index (χ3n) is 5.19. The highest BCUT2D eigenvalue weighted by atomic mass is 79.9. The van der Waals surface area contributed by atoms with Gasteiger partial charge in [0.05, 0.1) is 0 Å². The lowest BCUT2D eigenvalue weighted by Crippen LogP contribution is -2.42. The maximum atomic E-state index is 3.95. The normalized spacial score (nSPS) is 26.2. The highest BCUT2D eigenvalue weighted by Crippen LogP contribution is 2.69. The van der Waals surface area contributed by atoms with E-state index in [1.54, 1.807) is 0 Å². The van der Waals surface area contributed by atoms with Crippen molar-refractivity contribution in [2.75, 3.05) is 0 Å². The van der Waals surface area contributed by atoms with Crippen LogP contribution in [-0.4, -0.2) is 0 Å². The summed E-state index contributed by atoms with van der Waals surface area (Å²) < 4.78 is -0.214. The molecule has 0 nitrogen and oxygen atoms in total. The fourth-order valence-electron chi connectivity index (χ4n) is 3.47. The molecule has 0 N–H and O–H groups in total. The van der Waals surface area contributed by atoms with Gasteiger partial charge in [-0.2, -0.15) is 0 Å². The average molecular weight is 394 g/mol. The molecule has 1 unspecified atom stereocenters. The van der Waals surface area contributed by atoms with Crippen molar-refractivity contribution in [2.24, 2.45) is 5.41 Å². The number of hydrogen-bond donors (Lipinski definition) is 0. The SMILES string of the molecule is CC1(c2ccccc2)c2ccccc2C(Br)(Br)C1(C)C. The van der Waals surface area contributed by atoms with Crippen LogP contribution in [0.2, 0.25) is 0 Å². The van der Waals surface area contributed by atoms with Crippen molar-refractivity contribution < 1.29 is 0 Å². The van der Waals surface area contributed by atoms with Crippen LogP contribution in [0.15, 0.2) is 54.6 Å². The van der Waals surface area contributed by atoms with Crippen molar-refractivity contribution >= 4 is 31.9 Å². The third kappa shape index (κ3) is 1.58. The summed E-state index contributed by atoms with van der Waals surface area (Å²) in [6.45, 7) is 7.00. The standard InChI is InChI=1S/C18H18Br2/c1-16(2)17(3,13-9-5-4-6-10-13)14-11-7-8-12-15(14)18(16,19)20/h4-12H,1-3H3. The molecule has 104 valence electrons. The molecule has 0 saturated carbocycles. The van der Waals surface area contributed by atoms with Crippen LogP contribution in [0, 0.1) is 5.41 Å². The molecule has 0 heterocycles. The van der Waals surface area contributed by atoms with E-state index in [4.69, 9.17) is 0 Å². The van der Waals surface area contributed by atoms with Crippen molar-refractivity contribution in [2.45, 2.75) is 29.4 Å². The Morgan fingerprint density at radius 3 is 1.80 bits per heavy atom. The molecule has 1 atom stereocenters. The van der Waals surface area contributed by atoms with Crippen LogP contribution in [-0.2, 0) is 8.65 Å². The maximum Gasteiger partial charge on any atom is 0.112 e. The van der Waals surface area contributed by atoms with Gasteiger partial charge in [-0.25, -0.2) is 0 Å². The molecule has 3 rings (SSSR count). The van der Waals surface area contributed by atoms with Gasteiger partial charge < -0.3 is 0 Å². The van der Waals surface area contributed by atoms with Crippen LogP contribution >= 0.6 is 31.9 Å². The summed E-state index contributed by atoms with van der Waals surface area (Å²) in [6.07, 6.45) is 0. The summed E-state index contributed by atoms with van der Waals surface area (Å²) in [7, 11) is 0. The van der Waals surface area contributed by atoms with Gasteiger partial charge in [0.2, 0.25) is 0 Å². The number of hydrogen-bond acceptors (Lipinski definition) is 0. The van der Waals surface area contributed by atoms with E-state index in [1.807, 2.05) is 0 Å². The van der Waals surface area contributed by atoms with Gasteiger partial charge in [0.1, 0.15) is 3.23 Å². The Kier molecular flexibility index (Phi) is 3.19. The summed E-state index contributed by atoms with van der Waals surface area (Å²) in [6, 6.07) is 19.5. The molecule has 0 bridgehead atoms. The Hall–Kier alpha value is -0.600. The Balaban J connectivity index is 2.36. The molecule has 2 heteroatoms. The van der Waals surface area contributed by atoms with Crippen molar-refractivity contribution in [3.8, 4) is 0 Å². The highest BCUT2D eigenvalue weighted by Gasteiger charge is 2.62. The van der Waals surface area contributed by atoms with E-state index in [9.17, 15) is 0 Å². The average Bonchev–Trinajstić information content (AvgIpc) is 2.58. The predicted octanol–water partition coefficient (Wildman–Crippen LogP) is 5.98. The summed E-state index contributed by atoms with van der Waals surface area (Å²) in [4.78, 5) is 0. The zero-order valence-corrected chi connectivity index (χ0v) is 15.1. The van der Waals surface area contributed by atoms with Gasteiger partial charge >= 0.3 is 0 Å². The van der Waals surface area contributed by atoms with E-state index in [-0.39, 0.29) is 14.1 Å². The number of benzene rings is 2. The van der Waals surface area contributed by atoms with E-state index >= 15 is 0 Å². The second-order valence-corrected chi connectivity index (χ2v) is 9.68. The topological polar surface area (TPSA) is 0 Å². The fraction of sp³-hybridized carbons (Fsp3) is 0.333. The quantitative estimate of drug-likeness (QED) is 0.523. The van der Waals surface area contributed by atoms with Gasteiger partial charge in [0, 0.05) is 10.8 Å². The molecule has 0 amide bonds. The number of halogens is 2. The monoisotopic (exact) mass is 392 g/mol.